The van der Waals surface area contributed by atoms with E-state index in [1.807, 2.05) is 13.0 Å². The van der Waals surface area contributed by atoms with E-state index in [2.05, 4.69) is 24.3 Å². The maximum atomic E-state index is 10.4. The molecular formula is C14H16O2. The van der Waals surface area contributed by atoms with Crippen LogP contribution in [0.4, 0.5) is 0 Å². The van der Waals surface area contributed by atoms with Crippen molar-refractivity contribution in [2.45, 2.75) is 24.9 Å². The van der Waals surface area contributed by atoms with Gasteiger partial charge in [-0.3, -0.25) is 0 Å². The lowest BCUT2D eigenvalue weighted by Crippen LogP contribution is -2.25. The highest BCUT2D eigenvalue weighted by molar-refractivity contribution is 5.43. The van der Waals surface area contributed by atoms with Gasteiger partial charge in [0.15, 0.2) is 0 Å². The molecule has 0 fully saturated rings. The molecule has 1 aromatic rings. The Kier molecular flexibility index (Phi) is 2.16. The summed E-state index contributed by atoms with van der Waals surface area (Å²) in [6.45, 7) is 3.19. The Morgan fingerprint density at radius 1 is 1.25 bits per heavy atom. The number of hydrogen-bond donors (Lipinski definition) is 1. The Morgan fingerprint density at radius 3 is 2.75 bits per heavy atom. The zero-order valence-corrected chi connectivity index (χ0v) is 9.44. The van der Waals surface area contributed by atoms with E-state index in [4.69, 9.17) is 4.74 Å². The van der Waals surface area contributed by atoms with Crippen LogP contribution in [0.1, 0.15) is 24.8 Å². The smallest absolute Gasteiger partial charge is 0.0863 e. The lowest BCUT2D eigenvalue weighted by atomic mass is 9.90. The molecule has 0 amide bonds. The van der Waals surface area contributed by atoms with Gasteiger partial charge in [0.05, 0.1) is 18.8 Å². The van der Waals surface area contributed by atoms with Crippen LogP contribution in [-0.2, 0) is 4.74 Å². The van der Waals surface area contributed by atoms with Crippen molar-refractivity contribution in [3.05, 3.63) is 47.0 Å². The lowest BCUT2D eigenvalue weighted by Gasteiger charge is -2.22. The van der Waals surface area contributed by atoms with Crippen molar-refractivity contribution in [2.75, 3.05) is 13.2 Å². The van der Waals surface area contributed by atoms with Crippen molar-refractivity contribution >= 4 is 0 Å². The van der Waals surface area contributed by atoms with Gasteiger partial charge in [0.25, 0.3) is 0 Å². The van der Waals surface area contributed by atoms with E-state index in [0.29, 0.717) is 19.1 Å². The van der Waals surface area contributed by atoms with Crippen molar-refractivity contribution in [3.63, 3.8) is 0 Å². The molecule has 84 valence electrons. The molecule has 0 saturated carbocycles. The minimum atomic E-state index is -0.674. The summed E-state index contributed by atoms with van der Waals surface area (Å²) < 4.78 is 5.46. The van der Waals surface area contributed by atoms with Gasteiger partial charge in [-0.15, -0.1) is 0 Å². The fourth-order valence-electron chi connectivity index (χ4n) is 2.90. The summed E-state index contributed by atoms with van der Waals surface area (Å²) in [6, 6.07) is 10.4. The fourth-order valence-corrected chi connectivity index (χ4v) is 2.90. The topological polar surface area (TPSA) is 29.5 Å². The number of aliphatic hydroxyl groups is 1. The third kappa shape index (κ3) is 1.41. The van der Waals surface area contributed by atoms with Crippen LogP contribution in [0, 0.1) is 0 Å². The van der Waals surface area contributed by atoms with Crippen molar-refractivity contribution in [1.82, 2.24) is 0 Å². The van der Waals surface area contributed by atoms with E-state index in [1.54, 1.807) is 0 Å². The van der Waals surface area contributed by atoms with Crippen LogP contribution >= 0.6 is 0 Å². The summed E-state index contributed by atoms with van der Waals surface area (Å²) in [4.78, 5) is 0. The largest absolute Gasteiger partial charge is 0.386 e. The predicted molar refractivity (Wildman–Crippen MR) is 62.3 cm³/mol. The maximum Gasteiger partial charge on any atom is 0.0863 e. The molecule has 16 heavy (non-hydrogen) atoms. The van der Waals surface area contributed by atoms with Crippen molar-refractivity contribution < 1.29 is 9.84 Å². The van der Waals surface area contributed by atoms with Gasteiger partial charge < -0.3 is 9.84 Å². The molecule has 2 heteroatoms. The molecule has 0 saturated heterocycles. The summed E-state index contributed by atoms with van der Waals surface area (Å²) >= 11 is 0. The van der Waals surface area contributed by atoms with Crippen molar-refractivity contribution in [2.24, 2.45) is 0 Å². The van der Waals surface area contributed by atoms with Gasteiger partial charge in [0, 0.05) is 5.92 Å². The van der Waals surface area contributed by atoms with E-state index in [-0.39, 0.29) is 0 Å². The van der Waals surface area contributed by atoms with Crippen molar-refractivity contribution in [3.8, 4) is 0 Å². The molecule has 1 aliphatic heterocycles. The summed E-state index contributed by atoms with van der Waals surface area (Å²) in [5, 5.41) is 10.4. The van der Waals surface area contributed by atoms with Crippen molar-refractivity contribution in [1.29, 1.82) is 0 Å². The Balaban J connectivity index is 2.01. The molecule has 3 rings (SSSR count). The van der Waals surface area contributed by atoms with Gasteiger partial charge in [0.1, 0.15) is 0 Å². The standard InChI is InChI=1S/C14H16O2/c1-14(15)7-11(10-5-3-2-4-6-10)12-8-16-9-13(12)14/h2-6,11,15H,7-9H2,1H3/t11-,14+/m0/s1. The summed E-state index contributed by atoms with van der Waals surface area (Å²) in [6.07, 6.45) is 0.797. The van der Waals surface area contributed by atoms with Gasteiger partial charge in [-0.05, 0) is 30.1 Å². The van der Waals surface area contributed by atoms with E-state index in [9.17, 15) is 5.11 Å². The van der Waals surface area contributed by atoms with Crippen LogP contribution in [-0.4, -0.2) is 23.9 Å². The zero-order chi connectivity index (χ0) is 11.2. The van der Waals surface area contributed by atoms with Gasteiger partial charge >= 0.3 is 0 Å². The number of benzene rings is 1. The average molecular weight is 216 g/mol. The first kappa shape index (κ1) is 10.1. The molecule has 0 spiro atoms. The summed E-state index contributed by atoms with van der Waals surface area (Å²) in [7, 11) is 0. The molecule has 1 aliphatic carbocycles. The number of hydrogen-bond acceptors (Lipinski definition) is 2. The second kappa shape index (κ2) is 3.44. The second-order valence-electron chi connectivity index (χ2n) is 4.94. The van der Waals surface area contributed by atoms with E-state index in [1.165, 1.54) is 11.1 Å². The molecule has 2 atom stereocenters. The summed E-state index contributed by atoms with van der Waals surface area (Å²) in [5.41, 5.74) is 3.03. The van der Waals surface area contributed by atoms with Gasteiger partial charge in [-0.1, -0.05) is 30.3 Å². The third-order valence-electron chi connectivity index (χ3n) is 3.77. The monoisotopic (exact) mass is 216 g/mol. The highest BCUT2D eigenvalue weighted by Gasteiger charge is 2.43. The number of rotatable bonds is 1. The summed E-state index contributed by atoms with van der Waals surface area (Å²) in [5.74, 6) is 0.341. The first-order valence-corrected chi connectivity index (χ1v) is 5.76. The van der Waals surface area contributed by atoms with E-state index in [0.717, 1.165) is 12.0 Å². The highest BCUT2D eigenvalue weighted by Crippen LogP contribution is 2.47. The Labute approximate surface area is 95.6 Å². The molecule has 1 heterocycles. The maximum absolute atomic E-state index is 10.4. The molecule has 0 unspecified atom stereocenters. The minimum Gasteiger partial charge on any atom is -0.386 e. The zero-order valence-electron chi connectivity index (χ0n) is 9.44. The molecule has 2 nitrogen and oxygen atoms in total. The SMILES string of the molecule is C[C@@]1(O)C[C@@H](c2ccccc2)C2=C1COC2. The molecule has 2 aliphatic rings. The average Bonchev–Trinajstić information content (AvgIpc) is 2.84. The Bertz CT molecular complexity index is 431. The van der Waals surface area contributed by atoms with Gasteiger partial charge in [-0.25, -0.2) is 0 Å². The van der Waals surface area contributed by atoms with Crippen LogP contribution in [0.25, 0.3) is 0 Å². The van der Waals surface area contributed by atoms with Crippen LogP contribution in [0.15, 0.2) is 41.5 Å². The van der Waals surface area contributed by atoms with Gasteiger partial charge in [0.2, 0.25) is 0 Å². The Morgan fingerprint density at radius 2 is 2.00 bits per heavy atom. The first-order chi connectivity index (χ1) is 7.68. The Hall–Kier alpha value is -1.12. The molecule has 0 aromatic heterocycles. The number of ether oxygens (including phenoxy) is 1. The third-order valence-corrected chi connectivity index (χ3v) is 3.77. The first-order valence-electron chi connectivity index (χ1n) is 5.76. The molecule has 1 aromatic carbocycles. The fraction of sp³-hybridized carbons (Fsp3) is 0.429. The van der Waals surface area contributed by atoms with E-state index >= 15 is 0 Å². The molecule has 0 bridgehead atoms. The quantitative estimate of drug-likeness (QED) is 0.730. The molecule has 0 radical (unpaired) electrons. The van der Waals surface area contributed by atoms with Crippen LogP contribution in [0.2, 0.25) is 0 Å². The normalized spacial score (nSPS) is 33.2. The van der Waals surface area contributed by atoms with Crippen LogP contribution in [0.3, 0.4) is 0 Å². The van der Waals surface area contributed by atoms with Gasteiger partial charge in [-0.2, -0.15) is 0 Å². The minimum absolute atomic E-state index is 0.341. The highest BCUT2D eigenvalue weighted by atomic mass is 16.5. The van der Waals surface area contributed by atoms with E-state index < -0.39 is 5.60 Å². The molecule has 1 N–H and O–H groups in total. The van der Waals surface area contributed by atoms with Crippen LogP contribution in [0.5, 0.6) is 0 Å². The predicted octanol–water partition coefficient (Wildman–Crippen LogP) is 2.25. The second-order valence-corrected chi connectivity index (χ2v) is 4.94. The lowest BCUT2D eigenvalue weighted by molar-refractivity contribution is 0.0743. The molecular weight excluding hydrogens is 200 g/mol. The van der Waals surface area contributed by atoms with Crippen LogP contribution < -0.4 is 0 Å².